The van der Waals surface area contributed by atoms with Crippen molar-refractivity contribution in [3.63, 3.8) is 0 Å². The smallest absolute Gasteiger partial charge is 0.00763 e. The molecule has 0 amide bonds. The fourth-order valence-electron chi connectivity index (χ4n) is 7.48. The van der Waals surface area contributed by atoms with Crippen LogP contribution in [0.1, 0.15) is 90.5 Å². The van der Waals surface area contributed by atoms with E-state index in [9.17, 15) is 0 Å². The minimum absolute atomic E-state index is 0.405. The van der Waals surface area contributed by atoms with E-state index in [1.165, 1.54) is 69.8 Å². The van der Waals surface area contributed by atoms with Gasteiger partial charge >= 0.3 is 0 Å². The van der Waals surface area contributed by atoms with Crippen molar-refractivity contribution in [2.24, 2.45) is 40.7 Å². The van der Waals surface area contributed by atoms with E-state index in [4.69, 9.17) is 5.73 Å². The van der Waals surface area contributed by atoms with E-state index in [1.807, 2.05) is 0 Å². The fourth-order valence-corrected chi connectivity index (χ4v) is 7.48. The third-order valence-corrected chi connectivity index (χ3v) is 9.61. The number of nitrogens with two attached hydrogens (primary N) is 1. The molecule has 4 rings (SSSR count). The minimum Gasteiger partial charge on any atom is -0.327 e. The van der Waals surface area contributed by atoms with Gasteiger partial charge in [-0.05, 0) is 111 Å². The van der Waals surface area contributed by atoms with Crippen molar-refractivity contribution >= 4 is 0 Å². The average molecular weight is 408 g/mol. The van der Waals surface area contributed by atoms with E-state index in [0.717, 1.165) is 36.0 Å². The first-order valence-electron chi connectivity index (χ1n) is 13.0. The van der Waals surface area contributed by atoms with Crippen LogP contribution in [0.2, 0.25) is 0 Å². The van der Waals surface area contributed by atoms with Crippen LogP contribution in [0.5, 0.6) is 0 Å². The molecule has 0 spiro atoms. The molecule has 1 heteroatoms. The predicted octanol–water partition coefficient (Wildman–Crippen LogP) is 7.55. The lowest BCUT2D eigenvalue weighted by molar-refractivity contribution is 0.0164. The molecular formula is C29H45N. The third-order valence-electron chi connectivity index (χ3n) is 9.61. The van der Waals surface area contributed by atoms with Gasteiger partial charge in [-0.3, -0.25) is 0 Å². The van der Waals surface area contributed by atoms with Crippen LogP contribution >= 0.6 is 0 Å². The largest absolute Gasteiger partial charge is 0.327 e. The van der Waals surface area contributed by atoms with Crippen LogP contribution in [-0.4, -0.2) is 6.04 Å². The van der Waals surface area contributed by atoms with Gasteiger partial charge in [0.25, 0.3) is 0 Å². The highest BCUT2D eigenvalue weighted by atomic mass is 14.6. The predicted molar refractivity (Wildman–Crippen MR) is 129 cm³/mol. The van der Waals surface area contributed by atoms with Crippen LogP contribution in [-0.2, 0) is 6.42 Å². The van der Waals surface area contributed by atoms with Crippen molar-refractivity contribution in [1.29, 1.82) is 0 Å². The van der Waals surface area contributed by atoms with Gasteiger partial charge in [0.15, 0.2) is 0 Å². The van der Waals surface area contributed by atoms with Gasteiger partial charge in [0, 0.05) is 6.04 Å². The van der Waals surface area contributed by atoms with Gasteiger partial charge in [-0.1, -0.05) is 62.8 Å². The molecule has 3 saturated carbocycles. The van der Waals surface area contributed by atoms with Crippen molar-refractivity contribution in [3.05, 3.63) is 47.5 Å². The van der Waals surface area contributed by atoms with Crippen molar-refractivity contribution in [2.75, 3.05) is 0 Å². The lowest BCUT2D eigenvalue weighted by Gasteiger charge is -2.48. The summed E-state index contributed by atoms with van der Waals surface area (Å²) in [5.41, 5.74) is 10.1. The number of aryl methyl sites for hydroxylation is 1. The second-order valence-corrected chi connectivity index (χ2v) is 11.4. The number of hydrogen-bond donors (Lipinski definition) is 1. The summed E-state index contributed by atoms with van der Waals surface area (Å²) in [4.78, 5) is 0. The van der Waals surface area contributed by atoms with E-state index in [1.54, 1.807) is 5.57 Å². The summed E-state index contributed by atoms with van der Waals surface area (Å²) in [6.45, 7) is 7.63. The van der Waals surface area contributed by atoms with Gasteiger partial charge in [0.2, 0.25) is 0 Å². The summed E-state index contributed by atoms with van der Waals surface area (Å²) in [6.07, 6.45) is 17.5. The molecule has 0 aromatic heterocycles. The number of hydrogen-bond acceptors (Lipinski definition) is 1. The normalized spacial score (nSPS) is 40.5. The van der Waals surface area contributed by atoms with Crippen LogP contribution in [0, 0.1) is 35.0 Å². The lowest BCUT2D eigenvalue weighted by Crippen LogP contribution is -2.40. The summed E-state index contributed by atoms with van der Waals surface area (Å²) < 4.78 is 0. The maximum atomic E-state index is 6.30. The summed E-state index contributed by atoms with van der Waals surface area (Å²) in [6, 6.07) is 11.5. The number of allylic oxidation sites excluding steroid dienone is 1. The topological polar surface area (TPSA) is 26.0 Å². The molecule has 1 aromatic rings. The second kappa shape index (κ2) is 9.60. The van der Waals surface area contributed by atoms with E-state index in [-0.39, 0.29) is 0 Å². The van der Waals surface area contributed by atoms with Crippen LogP contribution in [0.3, 0.4) is 0 Å². The summed E-state index contributed by atoms with van der Waals surface area (Å²) in [5.74, 6) is 4.41. The summed E-state index contributed by atoms with van der Waals surface area (Å²) in [7, 11) is 0. The molecule has 166 valence electrons. The standard InChI is InChI=1S/C29H45N/c1-21-12-15-26(30)20-24(21)13-16-27-22(2)18-19-29(3)25(14-17-28(27)29)11-7-10-23-8-5-4-6-9-23/h4-6,8-9,13,21-22,25-28H,7,10-12,14-20,30H2,1-3H3/b24-13-/t21-,22?,25?,26+,27+,28?,29-/m1/s1. The maximum absolute atomic E-state index is 6.30. The van der Waals surface area contributed by atoms with Crippen LogP contribution in [0.4, 0.5) is 0 Å². The van der Waals surface area contributed by atoms with Crippen molar-refractivity contribution in [1.82, 2.24) is 0 Å². The van der Waals surface area contributed by atoms with Crippen LogP contribution in [0.25, 0.3) is 0 Å². The van der Waals surface area contributed by atoms with E-state index >= 15 is 0 Å². The summed E-state index contributed by atoms with van der Waals surface area (Å²) >= 11 is 0. The molecule has 7 atom stereocenters. The first kappa shape index (κ1) is 22.1. The Morgan fingerprint density at radius 2 is 1.83 bits per heavy atom. The van der Waals surface area contributed by atoms with Crippen LogP contribution in [0.15, 0.2) is 42.0 Å². The van der Waals surface area contributed by atoms with Gasteiger partial charge < -0.3 is 5.73 Å². The molecule has 3 aliphatic rings. The quantitative estimate of drug-likeness (QED) is 0.484. The van der Waals surface area contributed by atoms with Gasteiger partial charge in [0.1, 0.15) is 0 Å². The molecule has 0 bridgehead atoms. The van der Waals surface area contributed by atoms with Crippen LogP contribution < -0.4 is 5.73 Å². The summed E-state index contributed by atoms with van der Waals surface area (Å²) in [5, 5.41) is 0. The molecule has 3 unspecified atom stereocenters. The van der Waals surface area contributed by atoms with Crippen molar-refractivity contribution in [2.45, 2.75) is 97.4 Å². The average Bonchev–Trinajstić information content (AvgIpc) is 3.07. The molecule has 1 nitrogen and oxygen atoms in total. The molecule has 30 heavy (non-hydrogen) atoms. The number of rotatable bonds is 6. The SMILES string of the molecule is CC1CC[C@]2(C)C(CCCc3ccccc3)CCC2[C@H]1C/C=C1/C[C@@H](N)CC[C@H]1C. The molecule has 0 heterocycles. The Balaban J connectivity index is 1.38. The molecule has 0 aliphatic heterocycles. The maximum Gasteiger partial charge on any atom is 0.00763 e. The molecule has 2 N–H and O–H groups in total. The van der Waals surface area contributed by atoms with Gasteiger partial charge in [-0.15, -0.1) is 0 Å². The Labute approximate surface area is 185 Å². The van der Waals surface area contributed by atoms with E-state index in [0.29, 0.717) is 11.5 Å². The monoisotopic (exact) mass is 407 g/mol. The highest BCUT2D eigenvalue weighted by Crippen LogP contribution is 2.60. The molecule has 3 fully saturated rings. The first-order valence-corrected chi connectivity index (χ1v) is 13.0. The Morgan fingerprint density at radius 3 is 2.63 bits per heavy atom. The Kier molecular flexibility index (Phi) is 7.08. The highest BCUT2D eigenvalue weighted by Gasteiger charge is 2.52. The van der Waals surface area contributed by atoms with Crippen molar-refractivity contribution < 1.29 is 0 Å². The second-order valence-electron chi connectivity index (χ2n) is 11.4. The first-order chi connectivity index (χ1) is 14.5. The van der Waals surface area contributed by atoms with Gasteiger partial charge in [-0.25, -0.2) is 0 Å². The van der Waals surface area contributed by atoms with Crippen molar-refractivity contribution in [3.8, 4) is 0 Å². The number of benzene rings is 1. The zero-order chi connectivity index (χ0) is 21.1. The fraction of sp³-hybridized carbons (Fsp3) is 0.724. The molecular weight excluding hydrogens is 362 g/mol. The zero-order valence-electron chi connectivity index (χ0n) is 19.8. The highest BCUT2D eigenvalue weighted by molar-refractivity contribution is 5.15. The zero-order valence-corrected chi connectivity index (χ0v) is 19.8. The molecule has 1 aromatic carbocycles. The molecule has 0 saturated heterocycles. The Morgan fingerprint density at radius 1 is 1.03 bits per heavy atom. The third kappa shape index (κ3) is 4.72. The lowest BCUT2D eigenvalue weighted by atomic mass is 9.57. The van der Waals surface area contributed by atoms with E-state index < -0.39 is 0 Å². The van der Waals surface area contributed by atoms with Gasteiger partial charge in [0.05, 0.1) is 0 Å². The Bertz CT molecular complexity index is 706. The molecule has 3 aliphatic carbocycles. The van der Waals surface area contributed by atoms with E-state index in [2.05, 4.69) is 57.2 Å². The minimum atomic E-state index is 0.405. The number of fused-ring (bicyclic) bond motifs is 1. The molecule has 0 radical (unpaired) electrons. The Hall–Kier alpha value is -1.08. The van der Waals surface area contributed by atoms with Gasteiger partial charge in [-0.2, -0.15) is 0 Å².